The molecule has 2 heterocycles. The molecule has 0 bridgehead atoms. The van der Waals surface area contributed by atoms with Gasteiger partial charge in [-0.25, -0.2) is 0 Å². The fraction of sp³-hybridized carbons (Fsp3) is 0.615. The van der Waals surface area contributed by atoms with Gasteiger partial charge in [0.15, 0.2) is 0 Å². The third kappa shape index (κ3) is 2.19. The summed E-state index contributed by atoms with van der Waals surface area (Å²) in [6, 6.07) is 4.32. The Kier molecular flexibility index (Phi) is 3.15. The number of anilines is 1. The van der Waals surface area contributed by atoms with Crippen LogP contribution in [0.5, 0.6) is 0 Å². The van der Waals surface area contributed by atoms with Gasteiger partial charge in [0.1, 0.15) is 0 Å². The molecule has 1 aliphatic heterocycles. The smallest absolute Gasteiger partial charge is 0.0562 e. The standard InChI is InChI=1S/C13H21N3/c1-13(2)6-4-8-16(13)12-5-7-15-11(9-12)10-14-3/h5,7,9,14H,4,6,8,10H2,1-3H3. The lowest BCUT2D eigenvalue weighted by molar-refractivity contribution is 0.517. The van der Waals surface area contributed by atoms with Crippen LogP contribution in [0.25, 0.3) is 0 Å². The topological polar surface area (TPSA) is 28.2 Å². The minimum atomic E-state index is 0.290. The van der Waals surface area contributed by atoms with Gasteiger partial charge in [0, 0.05) is 30.5 Å². The highest BCUT2D eigenvalue weighted by Gasteiger charge is 2.31. The second-order valence-electron chi connectivity index (χ2n) is 5.10. The zero-order valence-electron chi connectivity index (χ0n) is 10.5. The molecule has 1 N–H and O–H groups in total. The molecule has 0 spiro atoms. The fourth-order valence-corrected chi connectivity index (χ4v) is 2.50. The molecule has 88 valence electrons. The minimum Gasteiger partial charge on any atom is -0.366 e. The Morgan fingerprint density at radius 3 is 2.94 bits per heavy atom. The van der Waals surface area contributed by atoms with Crippen LogP contribution in [0.4, 0.5) is 5.69 Å². The Hall–Kier alpha value is -1.09. The fourth-order valence-electron chi connectivity index (χ4n) is 2.50. The lowest BCUT2D eigenvalue weighted by Crippen LogP contribution is -2.38. The molecular formula is C13H21N3. The van der Waals surface area contributed by atoms with Crippen molar-refractivity contribution in [1.82, 2.24) is 10.3 Å². The molecule has 3 nitrogen and oxygen atoms in total. The molecule has 2 rings (SSSR count). The molecule has 0 unspecified atom stereocenters. The van der Waals surface area contributed by atoms with Gasteiger partial charge in [0.25, 0.3) is 0 Å². The van der Waals surface area contributed by atoms with E-state index in [2.05, 4.69) is 41.2 Å². The van der Waals surface area contributed by atoms with E-state index in [1.54, 1.807) is 0 Å². The molecule has 1 saturated heterocycles. The molecule has 1 aliphatic rings. The number of nitrogens with one attached hydrogen (secondary N) is 1. The average Bonchev–Trinajstić information content (AvgIpc) is 2.59. The lowest BCUT2D eigenvalue weighted by Gasteiger charge is -2.33. The van der Waals surface area contributed by atoms with Crippen molar-refractivity contribution in [3.8, 4) is 0 Å². The first-order valence-corrected chi connectivity index (χ1v) is 6.01. The van der Waals surface area contributed by atoms with Crippen molar-refractivity contribution < 1.29 is 0 Å². The predicted molar refractivity (Wildman–Crippen MR) is 67.7 cm³/mol. The molecule has 0 aromatic carbocycles. The van der Waals surface area contributed by atoms with E-state index in [-0.39, 0.29) is 5.54 Å². The summed E-state index contributed by atoms with van der Waals surface area (Å²) in [6.07, 6.45) is 4.48. The Labute approximate surface area is 97.9 Å². The number of pyridine rings is 1. The van der Waals surface area contributed by atoms with Gasteiger partial charge in [-0.2, -0.15) is 0 Å². The number of aromatic nitrogens is 1. The van der Waals surface area contributed by atoms with Crippen LogP contribution in [-0.2, 0) is 6.54 Å². The summed E-state index contributed by atoms with van der Waals surface area (Å²) < 4.78 is 0. The number of hydrogen-bond donors (Lipinski definition) is 1. The van der Waals surface area contributed by atoms with Crippen molar-refractivity contribution in [3.63, 3.8) is 0 Å². The predicted octanol–water partition coefficient (Wildman–Crippen LogP) is 2.18. The van der Waals surface area contributed by atoms with Crippen molar-refractivity contribution >= 4 is 5.69 Å². The van der Waals surface area contributed by atoms with Crippen LogP contribution >= 0.6 is 0 Å². The first kappa shape index (κ1) is 11.4. The Morgan fingerprint density at radius 1 is 1.50 bits per heavy atom. The van der Waals surface area contributed by atoms with Gasteiger partial charge in [0.05, 0.1) is 5.69 Å². The van der Waals surface area contributed by atoms with Crippen LogP contribution in [0, 0.1) is 0 Å². The Balaban J connectivity index is 2.23. The summed E-state index contributed by atoms with van der Waals surface area (Å²) in [7, 11) is 1.95. The maximum atomic E-state index is 4.36. The van der Waals surface area contributed by atoms with Crippen LogP contribution < -0.4 is 10.2 Å². The van der Waals surface area contributed by atoms with Gasteiger partial charge in [-0.3, -0.25) is 4.98 Å². The second-order valence-corrected chi connectivity index (χ2v) is 5.10. The van der Waals surface area contributed by atoms with Gasteiger partial charge >= 0.3 is 0 Å². The van der Waals surface area contributed by atoms with E-state index >= 15 is 0 Å². The number of hydrogen-bond acceptors (Lipinski definition) is 3. The molecule has 0 atom stereocenters. The summed E-state index contributed by atoms with van der Waals surface area (Å²) in [5, 5.41) is 3.14. The van der Waals surface area contributed by atoms with Gasteiger partial charge in [-0.15, -0.1) is 0 Å². The normalized spacial score (nSPS) is 19.1. The van der Waals surface area contributed by atoms with Crippen LogP contribution in [0.3, 0.4) is 0 Å². The van der Waals surface area contributed by atoms with E-state index in [1.807, 2.05) is 13.2 Å². The van der Waals surface area contributed by atoms with E-state index in [0.717, 1.165) is 18.8 Å². The van der Waals surface area contributed by atoms with E-state index in [4.69, 9.17) is 0 Å². The molecule has 0 saturated carbocycles. The molecule has 0 amide bonds. The van der Waals surface area contributed by atoms with Gasteiger partial charge in [-0.1, -0.05) is 0 Å². The molecule has 0 radical (unpaired) electrons. The average molecular weight is 219 g/mol. The van der Waals surface area contributed by atoms with Gasteiger partial charge < -0.3 is 10.2 Å². The summed E-state index contributed by atoms with van der Waals surface area (Å²) >= 11 is 0. The van der Waals surface area contributed by atoms with Crippen molar-refractivity contribution in [3.05, 3.63) is 24.0 Å². The van der Waals surface area contributed by atoms with E-state index in [9.17, 15) is 0 Å². The maximum absolute atomic E-state index is 4.36. The number of nitrogens with zero attached hydrogens (tertiary/aromatic N) is 2. The van der Waals surface area contributed by atoms with Gasteiger partial charge in [0.2, 0.25) is 0 Å². The summed E-state index contributed by atoms with van der Waals surface area (Å²) in [4.78, 5) is 6.85. The van der Waals surface area contributed by atoms with Crippen molar-refractivity contribution in [1.29, 1.82) is 0 Å². The second kappa shape index (κ2) is 4.42. The van der Waals surface area contributed by atoms with E-state index in [1.165, 1.54) is 18.5 Å². The molecule has 3 heteroatoms. The zero-order chi connectivity index (χ0) is 11.6. The van der Waals surface area contributed by atoms with Crippen molar-refractivity contribution in [2.24, 2.45) is 0 Å². The first-order chi connectivity index (χ1) is 7.63. The summed E-state index contributed by atoms with van der Waals surface area (Å²) in [6.45, 7) is 6.63. The molecule has 0 aliphatic carbocycles. The van der Waals surface area contributed by atoms with Crippen LogP contribution in [-0.4, -0.2) is 24.1 Å². The van der Waals surface area contributed by atoms with E-state index < -0.39 is 0 Å². The Bertz CT molecular complexity index is 360. The molecule has 1 fully saturated rings. The minimum absolute atomic E-state index is 0.290. The Morgan fingerprint density at radius 2 is 2.31 bits per heavy atom. The third-order valence-corrected chi connectivity index (χ3v) is 3.37. The molecule has 1 aromatic rings. The van der Waals surface area contributed by atoms with Crippen molar-refractivity contribution in [2.75, 3.05) is 18.5 Å². The van der Waals surface area contributed by atoms with Crippen LogP contribution in [0.1, 0.15) is 32.4 Å². The van der Waals surface area contributed by atoms with Crippen LogP contribution in [0.2, 0.25) is 0 Å². The van der Waals surface area contributed by atoms with E-state index in [0.29, 0.717) is 0 Å². The molecular weight excluding hydrogens is 198 g/mol. The lowest BCUT2D eigenvalue weighted by atomic mass is 10.0. The molecule has 16 heavy (non-hydrogen) atoms. The highest BCUT2D eigenvalue weighted by Crippen LogP contribution is 2.33. The van der Waals surface area contributed by atoms with Crippen molar-refractivity contribution in [2.45, 2.75) is 38.8 Å². The summed E-state index contributed by atoms with van der Waals surface area (Å²) in [5.41, 5.74) is 2.71. The number of rotatable bonds is 3. The van der Waals surface area contributed by atoms with Gasteiger partial charge in [-0.05, 0) is 45.9 Å². The highest BCUT2D eigenvalue weighted by molar-refractivity contribution is 5.50. The third-order valence-electron chi connectivity index (χ3n) is 3.37. The summed E-state index contributed by atoms with van der Waals surface area (Å²) in [5.74, 6) is 0. The quantitative estimate of drug-likeness (QED) is 0.844. The van der Waals surface area contributed by atoms with Crippen LogP contribution in [0.15, 0.2) is 18.3 Å². The monoisotopic (exact) mass is 219 g/mol. The highest BCUT2D eigenvalue weighted by atomic mass is 15.2. The first-order valence-electron chi connectivity index (χ1n) is 6.01. The maximum Gasteiger partial charge on any atom is 0.0562 e. The molecule has 1 aromatic heterocycles. The largest absolute Gasteiger partial charge is 0.366 e. The SMILES string of the molecule is CNCc1cc(N2CCCC2(C)C)ccn1. The zero-order valence-corrected chi connectivity index (χ0v) is 10.5.